The molecule has 0 radical (unpaired) electrons. The van der Waals surface area contributed by atoms with Crippen molar-refractivity contribution in [3.05, 3.63) is 253 Å². The molecule has 14 rings (SSSR count). The third-order valence-electron chi connectivity index (χ3n) is 14.1. The molecule has 2 nitrogen and oxygen atoms in total. The zero-order valence-corrected chi connectivity index (χ0v) is 34.3. The number of hydrogen-bond donors (Lipinski definition) is 0. The van der Waals surface area contributed by atoms with Crippen LogP contribution >= 0.6 is 0 Å². The van der Waals surface area contributed by atoms with Gasteiger partial charge < -0.3 is 9.13 Å². The largest absolute Gasteiger partial charge is 0.309 e. The Balaban J connectivity index is 0.985. The molecule has 12 aromatic rings. The maximum Gasteiger partial charge on any atom is 0.0726 e. The highest BCUT2D eigenvalue weighted by Gasteiger charge is 2.52. The first kappa shape index (κ1) is 34.5. The molecule has 2 aliphatic rings. The van der Waals surface area contributed by atoms with Crippen LogP contribution in [0.4, 0.5) is 0 Å². The zero-order valence-electron chi connectivity index (χ0n) is 34.3. The van der Waals surface area contributed by atoms with Crippen LogP contribution in [0.5, 0.6) is 0 Å². The van der Waals surface area contributed by atoms with Crippen molar-refractivity contribution in [1.29, 1.82) is 0 Å². The fourth-order valence-electron chi connectivity index (χ4n) is 11.6. The minimum atomic E-state index is -0.398. The van der Waals surface area contributed by atoms with Crippen LogP contribution in [0.1, 0.15) is 22.3 Å². The van der Waals surface area contributed by atoms with E-state index in [1.165, 1.54) is 116 Å². The lowest BCUT2D eigenvalue weighted by Crippen LogP contribution is -2.25. The molecule has 0 N–H and O–H groups in total. The fraction of sp³-hybridized carbons (Fsp3) is 0.0164. The third kappa shape index (κ3) is 4.62. The lowest BCUT2D eigenvalue weighted by Gasteiger charge is -2.30. The summed E-state index contributed by atoms with van der Waals surface area (Å²) in [5.74, 6) is 0. The van der Waals surface area contributed by atoms with Crippen molar-refractivity contribution in [3.8, 4) is 55.9 Å². The van der Waals surface area contributed by atoms with Gasteiger partial charge in [0.05, 0.1) is 33.2 Å². The summed E-state index contributed by atoms with van der Waals surface area (Å²) in [6, 6.07) is 85.7. The van der Waals surface area contributed by atoms with E-state index < -0.39 is 5.41 Å². The molecule has 1 spiro atoms. The van der Waals surface area contributed by atoms with Crippen LogP contribution < -0.4 is 0 Å². The van der Waals surface area contributed by atoms with Gasteiger partial charge in [-0.3, -0.25) is 0 Å². The Labute approximate surface area is 365 Å². The summed E-state index contributed by atoms with van der Waals surface area (Å²) in [5.41, 5.74) is 22.3. The fourth-order valence-corrected chi connectivity index (χ4v) is 11.6. The average molecular weight is 799 g/mol. The van der Waals surface area contributed by atoms with Crippen molar-refractivity contribution in [2.24, 2.45) is 0 Å². The van der Waals surface area contributed by atoms with Crippen LogP contribution in [0, 0.1) is 0 Å². The molecule has 2 heteroatoms. The summed E-state index contributed by atoms with van der Waals surface area (Å²) in [5, 5.41) is 4.99. The normalized spacial score (nSPS) is 13.2. The first-order valence-electron chi connectivity index (χ1n) is 21.9. The van der Waals surface area contributed by atoms with Gasteiger partial charge in [0, 0.05) is 32.8 Å². The highest BCUT2D eigenvalue weighted by molar-refractivity contribution is 6.14. The van der Waals surface area contributed by atoms with E-state index in [0.29, 0.717) is 0 Å². The second kappa shape index (κ2) is 12.9. The van der Waals surface area contributed by atoms with Crippen molar-refractivity contribution in [3.63, 3.8) is 0 Å². The van der Waals surface area contributed by atoms with E-state index in [-0.39, 0.29) is 0 Å². The van der Waals surface area contributed by atoms with Crippen LogP contribution in [0.15, 0.2) is 231 Å². The van der Waals surface area contributed by atoms with Gasteiger partial charge in [0.25, 0.3) is 0 Å². The lowest BCUT2D eigenvalue weighted by molar-refractivity contribution is 0.793. The van der Waals surface area contributed by atoms with Crippen LogP contribution in [0.3, 0.4) is 0 Å². The maximum absolute atomic E-state index is 2.53. The smallest absolute Gasteiger partial charge is 0.0726 e. The molecule has 0 saturated heterocycles. The standard InChI is InChI=1S/C61H38N2/c1-3-16-39(17-4-1)40-30-33-56-49(36-40)50-38-42(31-34-57(50)62(56)43-18-5-2-6-19-43)41-32-35-58-48(37-41)46-22-10-14-28-55(46)63(58)59-29-15-27-54-60(59)47-23-9-13-26-53(47)61(54)51-24-11-7-20-44(51)45-21-8-12-25-52(45)61/h1-38H. The summed E-state index contributed by atoms with van der Waals surface area (Å²) in [6.07, 6.45) is 0. The number of nitrogens with zero attached hydrogens (tertiary/aromatic N) is 2. The second-order valence-corrected chi connectivity index (χ2v) is 17.2. The summed E-state index contributed by atoms with van der Waals surface area (Å²) >= 11 is 0. The Kier molecular flexibility index (Phi) is 7.07. The van der Waals surface area contributed by atoms with Gasteiger partial charge in [-0.1, -0.05) is 170 Å². The van der Waals surface area contributed by atoms with Gasteiger partial charge >= 0.3 is 0 Å². The first-order valence-corrected chi connectivity index (χ1v) is 21.9. The van der Waals surface area contributed by atoms with E-state index in [4.69, 9.17) is 0 Å². The van der Waals surface area contributed by atoms with Crippen molar-refractivity contribution in [1.82, 2.24) is 9.13 Å². The van der Waals surface area contributed by atoms with E-state index in [9.17, 15) is 0 Å². The van der Waals surface area contributed by atoms with Crippen LogP contribution in [-0.2, 0) is 5.41 Å². The molecule has 0 bridgehead atoms. The Bertz CT molecular complexity index is 3800. The summed E-state index contributed by atoms with van der Waals surface area (Å²) < 4.78 is 4.93. The van der Waals surface area contributed by atoms with Crippen molar-refractivity contribution >= 4 is 43.6 Å². The van der Waals surface area contributed by atoms with Crippen LogP contribution in [0.25, 0.3) is 99.5 Å². The molecular formula is C61H38N2. The van der Waals surface area contributed by atoms with Crippen molar-refractivity contribution in [2.45, 2.75) is 5.41 Å². The number of fused-ring (bicyclic) bond motifs is 16. The third-order valence-corrected chi connectivity index (χ3v) is 14.1. The van der Waals surface area contributed by atoms with E-state index >= 15 is 0 Å². The van der Waals surface area contributed by atoms with E-state index in [2.05, 4.69) is 240 Å². The molecule has 292 valence electrons. The summed E-state index contributed by atoms with van der Waals surface area (Å²) in [4.78, 5) is 0. The van der Waals surface area contributed by atoms with Gasteiger partial charge in [-0.2, -0.15) is 0 Å². The highest BCUT2D eigenvalue weighted by atomic mass is 15.0. The molecule has 0 aliphatic heterocycles. The van der Waals surface area contributed by atoms with E-state index in [1.54, 1.807) is 0 Å². The predicted molar refractivity (Wildman–Crippen MR) is 262 cm³/mol. The minimum absolute atomic E-state index is 0.398. The molecule has 0 fully saturated rings. The first-order chi connectivity index (χ1) is 31.3. The number of benzene rings is 10. The Hall–Kier alpha value is -8.20. The van der Waals surface area contributed by atoms with E-state index in [1.807, 2.05) is 0 Å². The molecule has 0 atom stereocenters. The molecule has 0 amide bonds. The van der Waals surface area contributed by atoms with Crippen LogP contribution in [0.2, 0.25) is 0 Å². The van der Waals surface area contributed by atoms with Crippen molar-refractivity contribution < 1.29 is 0 Å². The predicted octanol–water partition coefficient (Wildman–Crippen LogP) is 15.6. The zero-order chi connectivity index (χ0) is 41.2. The highest BCUT2D eigenvalue weighted by Crippen LogP contribution is 2.63. The van der Waals surface area contributed by atoms with Gasteiger partial charge in [-0.25, -0.2) is 0 Å². The van der Waals surface area contributed by atoms with Gasteiger partial charge in [-0.05, 0) is 122 Å². The lowest BCUT2D eigenvalue weighted by atomic mass is 9.70. The molecule has 10 aromatic carbocycles. The monoisotopic (exact) mass is 798 g/mol. The maximum atomic E-state index is 2.53. The van der Waals surface area contributed by atoms with Crippen LogP contribution in [-0.4, -0.2) is 9.13 Å². The van der Waals surface area contributed by atoms with Crippen molar-refractivity contribution in [2.75, 3.05) is 0 Å². The molecule has 2 heterocycles. The topological polar surface area (TPSA) is 9.86 Å². The Morgan fingerprint density at radius 2 is 0.714 bits per heavy atom. The van der Waals surface area contributed by atoms with Gasteiger partial charge in [-0.15, -0.1) is 0 Å². The summed E-state index contributed by atoms with van der Waals surface area (Å²) in [7, 11) is 0. The number of aromatic nitrogens is 2. The molecule has 0 unspecified atom stereocenters. The van der Waals surface area contributed by atoms with Gasteiger partial charge in [0.1, 0.15) is 0 Å². The Morgan fingerprint density at radius 1 is 0.270 bits per heavy atom. The Morgan fingerprint density at radius 3 is 1.35 bits per heavy atom. The SMILES string of the molecule is c1ccc(-c2ccc3c(c2)c2cc(-c4ccc5c(c4)c4ccccc4n5-c4cccc5c4-c4ccccc4C54c5ccccc5-c5ccccc54)ccc2n3-c2ccccc2)cc1. The number of hydrogen-bond acceptors (Lipinski definition) is 0. The molecule has 2 aliphatic carbocycles. The quantitative estimate of drug-likeness (QED) is 0.168. The van der Waals surface area contributed by atoms with Gasteiger partial charge in [0.15, 0.2) is 0 Å². The number of rotatable bonds is 4. The minimum Gasteiger partial charge on any atom is -0.309 e. The summed E-state index contributed by atoms with van der Waals surface area (Å²) in [6.45, 7) is 0. The second-order valence-electron chi connectivity index (χ2n) is 17.2. The molecule has 63 heavy (non-hydrogen) atoms. The molecule has 0 saturated carbocycles. The van der Waals surface area contributed by atoms with E-state index in [0.717, 1.165) is 5.69 Å². The number of para-hydroxylation sites is 2. The molecule has 2 aromatic heterocycles. The van der Waals surface area contributed by atoms with Gasteiger partial charge in [0.2, 0.25) is 0 Å². The molecular weight excluding hydrogens is 761 g/mol. The average Bonchev–Trinajstić information content (AvgIpc) is 4.06.